The van der Waals surface area contributed by atoms with Gasteiger partial charge in [-0.05, 0) is 55.9 Å². The molecule has 0 radical (unpaired) electrons. The maximum Gasteiger partial charge on any atom is 0.348 e. The monoisotopic (exact) mass is 383 g/mol. The molecular weight excluding hydrogens is 362 g/mol. The Morgan fingerprint density at radius 1 is 1.07 bits per heavy atom. The van der Waals surface area contributed by atoms with Gasteiger partial charge in [-0.3, -0.25) is 9.59 Å². The van der Waals surface area contributed by atoms with Gasteiger partial charge >= 0.3 is 5.97 Å². The van der Waals surface area contributed by atoms with E-state index in [0.717, 1.165) is 37.8 Å². The Morgan fingerprint density at radius 3 is 2.70 bits per heavy atom. The van der Waals surface area contributed by atoms with Crippen LogP contribution in [0.3, 0.4) is 0 Å². The van der Waals surface area contributed by atoms with Gasteiger partial charge in [0.1, 0.15) is 4.88 Å². The summed E-state index contributed by atoms with van der Waals surface area (Å²) in [5.41, 5.74) is 2.42. The molecule has 5 nitrogen and oxygen atoms in total. The van der Waals surface area contributed by atoms with Crippen molar-refractivity contribution < 1.29 is 19.1 Å². The van der Waals surface area contributed by atoms with Gasteiger partial charge in [0.05, 0.1) is 0 Å². The van der Waals surface area contributed by atoms with Crippen LogP contribution in [0.2, 0.25) is 0 Å². The quantitative estimate of drug-likeness (QED) is 0.582. The van der Waals surface area contributed by atoms with Crippen molar-refractivity contribution in [3.8, 4) is 0 Å². The van der Waals surface area contributed by atoms with Gasteiger partial charge in [0, 0.05) is 29.1 Å². The van der Waals surface area contributed by atoms with Crippen molar-refractivity contribution in [3.05, 3.63) is 51.2 Å². The van der Waals surface area contributed by atoms with Crippen LogP contribution in [0.25, 0.3) is 0 Å². The number of anilines is 1. The third-order valence-electron chi connectivity index (χ3n) is 5.09. The molecule has 0 N–H and O–H groups in total. The maximum absolute atomic E-state index is 12.4. The van der Waals surface area contributed by atoms with Crippen LogP contribution in [-0.4, -0.2) is 30.8 Å². The number of aryl methyl sites for hydroxylation is 2. The van der Waals surface area contributed by atoms with Gasteiger partial charge in [-0.15, -0.1) is 11.3 Å². The average molecular weight is 383 g/mol. The molecule has 140 valence electrons. The molecule has 0 saturated carbocycles. The lowest BCUT2D eigenvalue weighted by atomic mass is 9.99. The van der Waals surface area contributed by atoms with E-state index in [2.05, 4.69) is 0 Å². The molecule has 0 atom stereocenters. The van der Waals surface area contributed by atoms with Gasteiger partial charge in [-0.1, -0.05) is 12.1 Å². The molecule has 27 heavy (non-hydrogen) atoms. The van der Waals surface area contributed by atoms with Crippen molar-refractivity contribution in [1.82, 2.24) is 0 Å². The van der Waals surface area contributed by atoms with Crippen molar-refractivity contribution in [2.75, 3.05) is 18.1 Å². The molecule has 1 aromatic heterocycles. The number of thiophene rings is 1. The van der Waals surface area contributed by atoms with Crippen LogP contribution < -0.4 is 4.90 Å². The zero-order valence-corrected chi connectivity index (χ0v) is 15.8. The van der Waals surface area contributed by atoms with Crippen LogP contribution in [-0.2, 0) is 22.4 Å². The molecule has 2 aromatic rings. The number of ether oxygens (including phenoxy) is 1. The highest BCUT2D eigenvalue weighted by molar-refractivity contribution is 7.14. The summed E-state index contributed by atoms with van der Waals surface area (Å²) < 4.78 is 5.25. The number of benzene rings is 1. The Labute approximate surface area is 161 Å². The number of amides is 1. The number of ketones is 1. The lowest BCUT2D eigenvalue weighted by Crippen LogP contribution is -2.24. The fourth-order valence-electron chi connectivity index (χ4n) is 3.65. The van der Waals surface area contributed by atoms with Gasteiger partial charge in [0.2, 0.25) is 5.91 Å². The highest BCUT2D eigenvalue weighted by Gasteiger charge is 2.23. The molecule has 1 amide bonds. The second-order valence-electron chi connectivity index (χ2n) is 6.96. The van der Waals surface area contributed by atoms with E-state index in [4.69, 9.17) is 4.74 Å². The summed E-state index contributed by atoms with van der Waals surface area (Å²) >= 11 is 1.48. The van der Waals surface area contributed by atoms with Gasteiger partial charge in [0.25, 0.3) is 0 Å². The van der Waals surface area contributed by atoms with E-state index < -0.39 is 5.97 Å². The summed E-state index contributed by atoms with van der Waals surface area (Å²) in [4.78, 5) is 40.2. The third-order valence-corrected chi connectivity index (χ3v) is 6.30. The summed E-state index contributed by atoms with van der Waals surface area (Å²) in [6.45, 7) is 0.382. The van der Waals surface area contributed by atoms with Crippen molar-refractivity contribution in [3.63, 3.8) is 0 Å². The van der Waals surface area contributed by atoms with E-state index >= 15 is 0 Å². The zero-order chi connectivity index (χ0) is 18.8. The van der Waals surface area contributed by atoms with Crippen molar-refractivity contribution in [2.45, 2.75) is 38.5 Å². The Balaban J connectivity index is 1.40. The molecule has 0 bridgehead atoms. The molecule has 4 rings (SSSR count). The number of hydrogen-bond acceptors (Lipinski definition) is 5. The Hall–Kier alpha value is -2.47. The van der Waals surface area contributed by atoms with E-state index in [-0.39, 0.29) is 18.3 Å². The van der Waals surface area contributed by atoms with Crippen LogP contribution in [0.4, 0.5) is 5.69 Å². The van der Waals surface area contributed by atoms with Crippen molar-refractivity contribution in [2.24, 2.45) is 0 Å². The topological polar surface area (TPSA) is 63.7 Å². The average Bonchev–Trinajstić information content (AvgIpc) is 3.32. The number of fused-ring (bicyclic) bond motifs is 1. The first-order chi connectivity index (χ1) is 13.1. The minimum absolute atomic E-state index is 0.0766. The first kappa shape index (κ1) is 17.9. The first-order valence-electron chi connectivity index (χ1n) is 9.34. The molecule has 1 saturated heterocycles. The van der Waals surface area contributed by atoms with Gasteiger partial charge in [0.15, 0.2) is 12.4 Å². The number of esters is 1. The molecule has 1 aliphatic carbocycles. The second kappa shape index (κ2) is 7.64. The lowest BCUT2D eigenvalue weighted by molar-refractivity contribution is -0.117. The standard InChI is InChI=1S/C21H21NO4S/c23-17(14-6-3-7-16(11-14)22-10-4-9-20(22)24)13-26-21(25)19-12-15-5-1-2-8-18(15)27-19/h3,6-7,11-12H,1-2,4-5,8-10,13H2. The number of nitrogens with zero attached hydrogens (tertiary/aromatic N) is 1. The Bertz CT molecular complexity index is 878. The third kappa shape index (κ3) is 3.81. The van der Waals surface area contributed by atoms with Gasteiger partial charge < -0.3 is 9.64 Å². The van der Waals surface area contributed by atoms with E-state index in [1.54, 1.807) is 23.1 Å². The van der Waals surface area contributed by atoms with Crippen LogP contribution in [0.1, 0.15) is 56.2 Å². The minimum atomic E-state index is -0.436. The smallest absolute Gasteiger partial charge is 0.348 e. The summed E-state index contributed by atoms with van der Waals surface area (Å²) in [7, 11) is 0. The summed E-state index contributed by atoms with van der Waals surface area (Å²) in [6.07, 6.45) is 5.73. The van der Waals surface area contributed by atoms with Crippen molar-refractivity contribution >= 4 is 34.7 Å². The van der Waals surface area contributed by atoms with Crippen LogP contribution in [0.5, 0.6) is 0 Å². The molecule has 0 spiro atoms. The largest absolute Gasteiger partial charge is 0.453 e. The molecular formula is C21H21NO4S. The first-order valence-corrected chi connectivity index (χ1v) is 10.2. The van der Waals surface area contributed by atoms with E-state index in [1.807, 2.05) is 12.1 Å². The molecule has 1 aliphatic heterocycles. The molecule has 2 aliphatic rings. The summed E-state index contributed by atoms with van der Waals surface area (Å²) in [6, 6.07) is 8.87. The SMILES string of the molecule is O=C(COC(=O)c1cc2c(s1)CCCC2)c1cccc(N2CCCC2=O)c1. The maximum atomic E-state index is 12.4. The molecule has 6 heteroatoms. The zero-order valence-electron chi connectivity index (χ0n) is 15.0. The number of Topliss-reactive ketones (excluding diaryl/α,β-unsaturated/α-hetero) is 1. The predicted octanol–water partition coefficient (Wildman–Crippen LogP) is 3.79. The predicted molar refractivity (Wildman–Crippen MR) is 104 cm³/mol. The Morgan fingerprint density at radius 2 is 1.93 bits per heavy atom. The Kier molecular flexibility index (Phi) is 5.07. The normalized spacial score (nSPS) is 16.3. The number of hydrogen-bond donors (Lipinski definition) is 0. The van der Waals surface area contributed by atoms with E-state index in [1.165, 1.54) is 21.8 Å². The lowest BCUT2D eigenvalue weighted by Gasteiger charge is -2.16. The van der Waals surface area contributed by atoms with E-state index in [9.17, 15) is 14.4 Å². The second-order valence-corrected chi connectivity index (χ2v) is 8.10. The summed E-state index contributed by atoms with van der Waals surface area (Å²) in [5, 5.41) is 0. The number of carbonyl (C=O) groups is 3. The van der Waals surface area contributed by atoms with E-state index in [0.29, 0.717) is 23.4 Å². The van der Waals surface area contributed by atoms with Gasteiger partial charge in [-0.2, -0.15) is 0 Å². The molecule has 0 unspecified atom stereocenters. The summed E-state index contributed by atoms with van der Waals surface area (Å²) in [5.74, 6) is -0.625. The van der Waals surface area contributed by atoms with Crippen LogP contribution >= 0.6 is 11.3 Å². The molecule has 2 heterocycles. The van der Waals surface area contributed by atoms with Gasteiger partial charge in [-0.25, -0.2) is 4.79 Å². The number of carbonyl (C=O) groups excluding carboxylic acids is 3. The van der Waals surface area contributed by atoms with Crippen molar-refractivity contribution in [1.29, 1.82) is 0 Å². The fraction of sp³-hybridized carbons (Fsp3) is 0.381. The minimum Gasteiger partial charge on any atom is -0.453 e. The van der Waals surface area contributed by atoms with Crippen LogP contribution in [0.15, 0.2) is 30.3 Å². The highest BCUT2D eigenvalue weighted by Crippen LogP contribution is 2.30. The number of rotatable bonds is 5. The fourth-order valence-corrected chi connectivity index (χ4v) is 4.79. The van der Waals surface area contributed by atoms with Crippen LogP contribution in [0, 0.1) is 0 Å². The molecule has 1 aromatic carbocycles. The molecule has 1 fully saturated rings. The highest BCUT2D eigenvalue weighted by atomic mass is 32.1.